The minimum atomic E-state index is -3.90. The first-order chi connectivity index (χ1) is 9.79. The van der Waals surface area contributed by atoms with Crippen LogP contribution in [-0.4, -0.2) is 19.5 Å². The van der Waals surface area contributed by atoms with Crippen molar-refractivity contribution in [1.82, 2.24) is 4.72 Å². The van der Waals surface area contributed by atoms with E-state index in [0.717, 1.165) is 6.07 Å². The lowest BCUT2D eigenvalue weighted by atomic mass is 10.2. The molecule has 0 aliphatic heterocycles. The van der Waals surface area contributed by atoms with Crippen molar-refractivity contribution in [1.29, 1.82) is 0 Å². The monoisotopic (exact) mass is 393 g/mol. The number of carboxylic acid groups (broad SMARTS) is 1. The Hall–Kier alpha value is -1.35. The number of rotatable bonds is 5. The molecule has 2 N–H and O–H groups in total. The fraction of sp³-hybridized carbons (Fsp3) is 0.0833. The van der Waals surface area contributed by atoms with Gasteiger partial charge in [-0.05, 0) is 33.6 Å². The molecule has 0 aliphatic carbocycles. The molecule has 1 heterocycles. The van der Waals surface area contributed by atoms with Crippen molar-refractivity contribution in [2.75, 3.05) is 0 Å². The molecule has 0 radical (unpaired) electrons. The van der Waals surface area contributed by atoms with Crippen LogP contribution in [0, 0.1) is 0 Å². The molecule has 0 saturated heterocycles. The van der Waals surface area contributed by atoms with Crippen LogP contribution in [0.2, 0.25) is 5.02 Å². The molecule has 112 valence electrons. The molecule has 0 aliphatic rings. The zero-order valence-corrected chi connectivity index (χ0v) is 13.5. The molecule has 9 heteroatoms. The summed E-state index contributed by atoms with van der Waals surface area (Å²) in [6.45, 7) is 0.0412. The number of furan rings is 1. The van der Waals surface area contributed by atoms with E-state index in [4.69, 9.17) is 21.1 Å². The van der Waals surface area contributed by atoms with Crippen molar-refractivity contribution in [3.05, 3.63) is 51.3 Å². The highest BCUT2D eigenvalue weighted by Crippen LogP contribution is 2.26. The normalized spacial score (nSPS) is 11.5. The number of carbonyl (C=O) groups is 1. The second kappa shape index (κ2) is 6.18. The average Bonchev–Trinajstić information content (AvgIpc) is 2.81. The summed E-state index contributed by atoms with van der Waals surface area (Å²) >= 11 is 8.63. The van der Waals surface area contributed by atoms with Gasteiger partial charge in [-0.1, -0.05) is 23.7 Å². The molecule has 0 amide bonds. The highest BCUT2D eigenvalue weighted by Gasteiger charge is 2.24. The zero-order valence-electron chi connectivity index (χ0n) is 10.3. The first kappa shape index (κ1) is 16.0. The quantitative estimate of drug-likeness (QED) is 0.813. The Bertz CT molecular complexity index is 769. The van der Waals surface area contributed by atoms with Gasteiger partial charge in [-0.2, -0.15) is 0 Å². The molecular weight excluding hydrogens is 386 g/mol. The van der Waals surface area contributed by atoms with E-state index in [9.17, 15) is 13.2 Å². The number of hydrogen-bond acceptors (Lipinski definition) is 4. The van der Waals surface area contributed by atoms with Crippen LogP contribution in [0.3, 0.4) is 0 Å². The van der Waals surface area contributed by atoms with E-state index >= 15 is 0 Å². The predicted molar refractivity (Wildman–Crippen MR) is 78.8 cm³/mol. The maximum Gasteiger partial charge on any atom is 0.371 e. The number of aromatic carboxylic acids is 1. The Morgan fingerprint density at radius 3 is 2.48 bits per heavy atom. The SMILES string of the molecule is O=C(O)c1cc(S(=O)(=O)NCc2ccc(Cl)cc2)c(Br)o1. The van der Waals surface area contributed by atoms with E-state index in [2.05, 4.69) is 20.7 Å². The summed E-state index contributed by atoms with van der Waals surface area (Å²) in [5.41, 5.74) is 0.709. The van der Waals surface area contributed by atoms with Crippen LogP contribution in [0.1, 0.15) is 16.1 Å². The highest BCUT2D eigenvalue weighted by molar-refractivity contribution is 9.10. The Balaban J connectivity index is 2.18. The number of carboxylic acids is 1. The van der Waals surface area contributed by atoms with Crippen LogP contribution in [0.25, 0.3) is 0 Å². The molecule has 1 aromatic heterocycles. The molecule has 0 spiro atoms. The Morgan fingerprint density at radius 2 is 1.95 bits per heavy atom. The summed E-state index contributed by atoms with van der Waals surface area (Å²) in [4.78, 5) is 10.5. The van der Waals surface area contributed by atoms with Crippen molar-refractivity contribution in [3.63, 3.8) is 0 Å². The summed E-state index contributed by atoms with van der Waals surface area (Å²) in [6, 6.07) is 7.58. The molecule has 21 heavy (non-hydrogen) atoms. The third kappa shape index (κ3) is 3.85. The van der Waals surface area contributed by atoms with Gasteiger partial charge in [0.2, 0.25) is 15.8 Å². The Morgan fingerprint density at radius 1 is 1.33 bits per heavy atom. The molecule has 0 bridgehead atoms. The largest absolute Gasteiger partial charge is 0.475 e. The molecule has 1 aromatic carbocycles. The van der Waals surface area contributed by atoms with Gasteiger partial charge in [0.1, 0.15) is 4.90 Å². The van der Waals surface area contributed by atoms with Crippen LogP contribution in [0.5, 0.6) is 0 Å². The summed E-state index contributed by atoms with van der Waals surface area (Å²) in [7, 11) is -3.90. The molecule has 6 nitrogen and oxygen atoms in total. The van der Waals surface area contributed by atoms with Crippen LogP contribution in [0.15, 0.2) is 44.3 Å². The second-order valence-corrected chi connectivity index (χ2v) is 6.90. The van der Waals surface area contributed by atoms with Crippen molar-refractivity contribution in [2.24, 2.45) is 0 Å². The molecule has 2 rings (SSSR count). The zero-order chi connectivity index (χ0) is 15.6. The maximum atomic E-state index is 12.1. The first-order valence-corrected chi connectivity index (χ1v) is 8.22. The number of nitrogens with one attached hydrogen (secondary N) is 1. The van der Waals surface area contributed by atoms with Gasteiger partial charge in [0.25, 0.3) is 0 Å². The topological polar surface area (TPSA) is 96.6 Å². The number of sulfonamides is 1. The van der Waals surface area contributed by atoms with E-state index < -0.39 is 21.8 Å². The van der Waals surface area contributed by atoms with Crippen molar-refractivity contribution >= 4 is 43.5 Å². The molecule has 2 aromatic rings. The third-order valence-corrected chi connectivity index (χ3v) is 5.05. The third-order valence-electron chi connectivity index (χ3n) is 2.54. The molecular formula is C12H9BrClNO5S. The van der Waals surface area contributed by atoms with Crippen molar-refractivity contribution in [2.45, 2.75) is 11.4 Å². The van der Waals surface area contributed by atoms with Gasteiger partial charge in [-0.25, -0.2) is 17.9 Å². The Labute approximate surface area is 133 Å². The van der Waals surface area contributed by atoms with Gasteiger partial charge < -0.3 is 9.52 Å². The van der Waals surface area contributed by atoms with Crippen molar-refractivity contribution in [3.8, 4) is 0 Å². The molecule has 0 unspecified atom stereocenters. The van der Waals surface area contributed by atoms with Crippen LogP contribution < -0.4 is 4.72 Å². The molecule has 0 fully saturated rings. The van der Waals surface area contributed by atoms with Gasteiger partial charge in [0.15, 0.2) is 4.67 Å². The van der Waals surface area contributed by atoms with Gasteiger partial charge in [-0.3, -0.25) is 0 Å². The standard InChI is InChI=1S/C12H9BrClNO5S/c13-11-10(5-9(20-11)12(16)17)21(18,19)15-6-7-1-3-8(14)4-2-7/h1-5,15H,6H2,(H,16,17). The fourth-order valence-electron chi connectivity index (χ4n) is 1.50. The lowest BCUT2D eigenvalue weighted by molar-refractivity contribution is 0.0661. The van der Waals surface area contributed by atoms with E-state index in [1.807, 2.05) is 0 Å². The minimum Gasteiger partial charge on any atom is -0.475 e. The smallest absolute Gasteiger partial charge is 0.371 e. The number of halogens is 2. The van der Waals surface area contributed by atoms with Gasteiger partial charge in [0.05, 0.1) is 0 Å². The van der Waals surface area contributed by atoms with E-state index in [0.29, 0.717) is 10.6 Å². The Kier molecular flexibility index (Phi) is 4.72. The molecule has 0 atom stereocenters. The fourth-order valence-corrected chi connectivity index (χ4v) is 3.58. The summed E-state index contributed by atoms with van der Waals surface area (Å²) in [5, 5.41) is 9.33. The number of benzene rings is 1. The van der Waals surface area contributed by atoms with Crippen LogP contribution in [-0.2, 0) is 16.6 Å². The van der Waals surface area contributed by atoms with Gasteiger partial charge in [0, 0.05) is 17.6 Å². The first-order valence-electron chi connectivity index (χ1n) is 5.56. The highest BCUT2D eigenvalue weighted by atomic mass is 79.9. The van der Waals surface area contributed by atoms with Crippen LogP contribution >= 0.6 is 27.5 Å². The second-order valence-electron chi connectivity index (χ2n) is 4.00. The minimum absolute atomic E-state index is 0.0412. The molecule has 0 saturated carbocycles. The van der Waals surface area contributed by atoms with E-state index in [1.54, 1.807) is 24.3 Å². The lowest BCUT2D eigenvalue weighted by Crippen LogP contribution is -2.23. The maximum absolute atomic E-state index is 12.1. The van der Waals surface area contributed by atoms with Gasteiger partial charge in [-0.15, -0.1) is 0 Å². The van der Waals surface area contributed by atoms with E-state index in [1.165, 1.54) is 0 Å². The van der Waals surface area contributed by atoms with Gasteiger partial charge >= 0.3 is 5.97 Å². The lowest BCUT2D eigenvalue weighted by Gasteiger charge is -2.05. The summed E-state index contributed by atoms with van der Waals surface area (Å²) in [5.74, 6) is -1.82. The van der Waals surface area contributed by atoms with Crippen LogP contribution in [0.4, 0.5) is 0 Å². The van der Waals surface area contributed by atoms with Crippen molar-refractivity contribution < 1.29 is 22.7 Å². The summed E-state index contributed by atoms with van der Waals surface area (Å²) in [6.07, 6.45) is 0. The number of hydrogen-bond donors (Lipinski definition) is 2. The van der Waals surface area contributed by atoms with E-state index in [-0.39, 0.29) is 16.1 Å². The predicted octanol–water partition coefficient (Wildman–Crippen LogP) is 2.87. The summed E-state index contributed by atoms with van der Waals surface area (Å²) < 4.78 is 31.2. The average molecular weight is 395 g/mol.